The molecule has 3 aromatic carbocycles. The Morgan fingerprint density at radius 3 is 2.52 bits per heavy atom. The fourth-order valence-electron chi connectivity index (χ4n) is 3.87. The minimum absolute atomic E-state index is 0.172. The summed E-state index contributed by atoms with van der Waals surface area (Å²) in [5, 5.41) is 6.16. The summed E-state index contributed by atoms with van der Waals surface area (Å²) < 4.78 is 4.85. The molecule has 3 aromatic rings. The highest BCUT2D eigenvalue weighted by molar-refractivity contribution is 5.94. The Labute approximate surface area is 182 Å². The highest BCUT2D eigenvalue weighted by atomic mass is 16.5. The molecule has 0 heterocycles. The molecule has 0 spiro atoms. The van der Waals surface area contributed by atoms with Gasteiger partial charge in [-0.2, -0.15) is 0 Å². The van der Waals surface area contributed by atoms with E-state index in [0.717, 1.165) is 12.1 Å². The van der Waals surface area contributed by atoms with E-state index in [4.69, 9.17) is 4.74 Å². The maximum absolute atomic E-state index is 12.2. The second kappa shape index (κ2) is 9.47. The lowest BCUT2D eigenvalue weighted by Gasteiger charge is -2.10. The van der Waals surface area contributed by atoms with E-state index < -0.39 is 0 Å². The van der Waals surface area contributed by atoms with E-state index in [1.54, 1.807) is 19.1 Å². The second-order valence-corrected chi connectivity index (χ2v) is 7.57. The van der Waals surface area contributed by atoms with Crippen molar-refractivity contribution in [2.24, 2.45) is 0 Å². The summed E-state index contributed by atoms with van der Waals surface area (Å²) in [6, 6.07) is 22.6. The van der Waals surface area contributed by atoms with Crippen LogP contribution in [0.2, 0.25) is 0 Å². The van der Waals surface area contributed by atoms with E-state index in [1.807, 2.05) is 12.1 Å². The van der Waals surface area contributed by atoms with Crippen LogP contribution < -0.4 is 10.6 Å². The smallest absolute Gasteiger partial charge is 0.307 e. The first-order chi connectivity index (χ1) is 15.1. The molecule has 0 aromatic heterocycles. The van der Waals surface area contributed by atoms with Crippen molar-refractivity contribution in [2.45, 2.75) is 26.3 Å². The van der Waals surface area contributed by atoms with Crippen LogP contribution in [-0.2, 0) is 22.5 Å². The number of carbonyl (C=O) groups excluding carboxylic acids is 2. The molecular weight excluding hydrogens is 388 g/mol. The van der Waals surface area contributed by atoms with Gasteiger partial charge in [-0.1, -0.05) is 42.5 Å². The van der Waals surface area contributed by atoms with Gasteiger partial charge in [-0.15, -0.1) is 0 Å². The monoisotopic (exact) mass is 414 g/mol. The van der Waals surface area contributed by atoms with Gasteiger partial charge in [0, 0.05) is 24.3 Å². The van der Waals surface area contributed by atoms with Crippen molar-refractivity contribution in [3.05, 3.63) is 89.0 Å². The van der Waals surface area contributed by atoms with Crippen LogP contribution in [0, 0.1) is 0 Å². The third-order valence-electron chi connectivity index (χ3n) is 5.42. The SMILES string of the molecule is CCOC(=O)CCNC(=O)c1ccc(NCc2ccc3c(c2)Cc2ccccc2-3)cc1. The number of benzene rings is 3. The van der Waals surface area contributed by atoms with E-state index in [-0.39, 0.29) is 24.8 Å². The predicted molar refractivity (Wildman–Crippen MR) is 122 cm³/mol. The minimum Gasteiger partial charge on any atom is -0.466 e. The van der Waals surface area contributed by atoms with E-state index >= 15 is 0 Å². The molecule has 0 saturated heterocycles. The predicted octanol–water partition coefficient (Wildman–Crippen LogP) is 4.55. The van der Waals surface area contributed by atoms with Gasteiger partial charge in [-0.25, -0.2) is 0 Å². The first-order valence-corrected chi connectivity index (χ1v) is 10.6. The fraction of sp³-hybridized carbons (Fsp3) is 0.231. The normalized spacial score (nSPS) is 11.4. The molecule has 158 valence electrons. The Morgan fingerprint density at radius 1 is 0.935 bits per heavy atom. The Hall–Kier alpha value is -3.60. The molecule has 1 aliphatic rings. The number of fused-ring (bicyclic) bond motifs is 3. The van der Waals surface area contributed by atoms with Crippen molar-refractivity contribution < 1.29 is 14.3 Å². The van der Waals surface area contributed by atoms with Crippen molar-refractivity contribution in [2.75, 3.05) is 18.5 Å². The summed E-state index contributed by atoms with van der Waals surface area (Å²) in [6.07, 6.45) is 1.16. The van der Waals surface area contributed by atoms with Gasteiger partial charge in [0.25, 0.3) is 5.91 Å². The van der Waals surface area contributed by atoms with Crippen LogP contribution in [0.1, 0.15) is 40.4 Å². The van der Waals surface area contributed by atoms with Gasteiger partial charge >= 0.3 is 5.97 Å². The largest absolute Gasteiger partial charge is 0.466 e. The quantitative estimate of drug-likeness (QED) is 0.415. The summed E-state index contributed by atoms with van der Waals surface area (Å²) in [5.74, 6) is -0.508. The summed E-state index contributed by atoms with van der Waals surface area (Å²) in [4.78, 5) is 23.5. The van der Waals surface area contributed by atoms with Gasteiger partial charge < -0.3 is 15.4 Å². The first-order valence-electron chi connectivity index (χ1n) is 10.6. The van der Waals surface area contributed by atoms with E-state index in [1.165, 1.54) is 27.8 Å². The number of esters is 1. The summed E-state index contributed by atoms with van der Waals surface area (Å²) in [5.41, 5.74) is 8.17. The average Bonchev–Trinajstić information content (AvgIpc) is 3.16. The van der Waals surface area contributed by atoms with Crippen LogP contribution in [0.4, 0.5) is 5.69 Å². The van der Waals surface area contributed by atoms with Crippen molar-refractivity contribution in [1.29, 1.82) is 0 Å². The summed E-state index contributed by atoms with van der Waals surface area (Å²) in [7, 11) is 0. The molecule has 0 radical (unpaired) electrons. The Bertz CT molecular complexity index is 1090. The van der Waals surface area contributed by atoms with Crippen LogP contribution in [0.15, 0.2) is 66.7 Å². The fourth-order valence-corrected chi connectivity index (χ4v) is 3.87. The van der Waals surface area contributed by atoms with Gasteiger partial charge in [0.2, 0.25) is 0 Å². The standard InChI is InChI=1S/C26H26N2O3/c1-2-31-25(29)13-14-27-26(30)19-8-10-22(11-9-19)28-17-18-7-12-24-21(15-18)16-20-5-3-4-6-23(20)24/h3-12,15,28H,2,13-14,16-17H2,1H3,(H,27,30). The molecule has 0 aliphatic heterocycles. The lowest BCUT2D eigenvalue weighted by molar-refractivity contribution is -0.142. The van der Waals surface area contributed by atoms with E-state index in [0.29, 0.717) is 18.7 Å². The maximum Gasteiger partial charge on any atom is 0.307 e. The number of anilines is 1. The number of nitrogens with one attached hydrogen (secondary N) is 2. The third-order valence-corrected chi connectivity index (χ3v) is 5.42. The molecule has 2 N–H and O–H groups in total. The van der Waals surface area contributed by atoms with E-state index in [9.17, 15) is 9.59 Å². The molecule has 0 bridgehead atoms. The molecule has 0 unspecified atom stereocenters. The number of rotatable bonds is 8. The molecule has 0 saturated carbocycles. The molecule has 1 aliphatic carbocycles. The lowest BCUT2D eigenvalue weighted by Crippen LogP contribution is -2.26. The minimum atomic E-state index is -0.308. The zero-order chi connectivity index (χ0) is 21.6. The zero-order valence-corrected chi connectivity index (χ0v) is 17.6. The number of hydrogen-bond donors (Lipinski definition) is 2. The topological polar surface area (TPSA) is 67.4 Å². The van der Waals surface area contributed by atoms with Crippen LogP contribution in [0.5, 0.6) is 0 Å². The van der Waals surface area contributed by atoms with Gasteiger partial charge in [-0.3, -0.25) is 9.59 Å². The third kappa shape index (κ3) is 4.94. The van der Waals surface area contributed by atoms with Gasteiger partial charge in [0.15, 0.2) is 0 Å². The molecule has 5 heteroatoms. The maximum atomic E-state index is 12.2. The van der Waals surface area contributed by atoms with Crippen LogP contribution in [-0.4, -0.2) is 25.0 Å². The van der Waals surface area contributed by atoms with Gasteiger partial charge in [-0.05, 0) is 65.4 Å². The number of hydrogen-bond acceptors (Lipinski definition) is 4. The summed E-state index contributed by atoms with van der Waals surface area (Å²) >= 11 is 0. The molecule has 0 fully saturated rings. The molecule has 5 nitrogen and oxygen atoms in total. The number of carbonyl (C=O) groups is 2. The highest BCUT2D eigenvalue weighted by Crippen LogP contribution is 2.36. The lowest BCUT2D eigenvalue weighted by atomic mass is 10.0. The van der Waals surface area contributed by atoms with Crippen LogP contribution >= 0.6 is 0 Å². The molecular formula is C26H26N2O3. The molecule has 31 heavy (non-hydrogen) atoms. The zero-order valence-electron chi connectivity index (χ0n) is 17.6. The van der Waals surface area contributed by atoms with Crippen molar-refractivity contribution in [1.82, 2.24) is 5.32 Å². The average molecular weight is 415 g/mol. The Balaban J connectivity index is 1.29. The molecule has 1 amide bonds. The summed E-state index contributed by atoms with van der Waals surface area (Å²) in [6.45, 7) is 3.09. The number of amides is 1. The van der Waals surface area contributed by atoms with Crippen molar-refractivity contribution in [3.63, 3.8) is 0 Å². The van der Waals surface area contributed by atoms with Gasteiger partial charge in [0.1, 0.15) is 0 Å². The molecule has 0 atom stereocenters. The highest BCUT2D eigenvalue weighted by Gasteiger charge is 2.17. The van der Waals surface area contributed by atoms with E-state index in [2.05, 4.69) is 53.1 Å². The first kappa shape index (κ1) is 20.7. The number of ether oxygens (including phenoxy) is 1. The Morgan fingerprint density at radius 2 is 1.71 bits per heavy atom. The Kier molecular flexibility index (Phi) is 6.32. The second-order valence-electron chi connectivity index (χ2n) is 7.57. The van der Waals surface area contributed by atoms with Crippen LogP contribution in [0.3, 0.4) is 0 Å². The van der Waals surface area contributed by atoms with Crippen molar-refractivity contribution >= 4 is 17.6 Å². The van der Waals surface area contributed by atoms with Gasteiger partial charge in [0.05, 0.1) is 13.0 Å². The van der Waals surface area contributed by atoms with Crippen molar-refractivity contribution in [3.8, 4) is 11.1 Å². The molecule has 4 rings (SSSR count). The van der Waals surface area contributed by atoms with Crippen LogP contribution in [0.25, 0.3) is 11.1 Å².